The van der Waals surface area contributed by atoms with Crippen molar-refractivity contribution in [3.8, 4) is 5.75 Å². The molecule has 2 amide bonds. The van der Waals surface area contributed by atoms with Gasteiger partial charge in [-0.2, -0.15) is 4.31 Å². The van der Waals surface area contributed by atoms with Gasteiger partial charge in [0.1, 0.15) is 17.4 Å². The molecular weight excluding hydrogens is 402 g/mol. The second-order valence-electron chi connectivity index (χ2n) is 7.44. The van der Waals surface area contributed by atoms with Crippen LogP contribution in [0.5, 0.6) is 5.75 Å². The first-order valence-electron chi connectivity index (χ1n) is 9.16. The second-order valence-corrected chi connectivity index (χ2v) is 9.33. The SMILES string of the molecule is CCOC(=O)N1CCN(S(=O)(=O)c2ccc(OC(C)(C)C)cc2)[C@@H](C(=O)NO)C1. The van der Waals surface area contributed by atoms with Crippen LogP contribution in [0.4, 0.5) is 4.79 Å². The number of hydroxylamine groups is 1. The molecule has 162 valence electrons. The number of carbonyl (C=O) groups is 2. The van der Waals surface area contributed by atoms with Gasteiger partial charge in [-0.15, -0.1) is 0 Å². The van der Waals surface area contributed by atoms with E-state index in [1.165, 1.54) is 34.6 Å². The molecule has 2 rings (SSSR count). The largest absolute Gasteiger partial charge is 0.488 e. The molecular formula is C18H27N3O7S. The Labute approximate surface area is 170 Å². The number of benzene rings is 1. The number of ether oxygens (including phenoxy) is 2. The van der Waals surface area contributed by atoms with Crippen molar-refractivity contribution in [2.75, 3.05) is 26.2 Å². The summed E-state index contributed by atoms with van der Waals surface area (Å²) >= 11 is 0. The van der Waals surface area contributed by atoms with E-state index in [-0.39, 0.29) is 31.1 Å². The van der Waals surface area contributed by atoms with Crippen LogP contribution in [0.15, 0.2) is 29.2 Å². The van der Waals surface area contributed by atoms with E-state index in [1.807, 2.05) is 20.8 Å². The van der Waals surface area contributed by atoms with Gasteiger partial charge in [0.25, 0.3) is 5.91 Å². The maximum Gasteiger partial charge on any atom is 0.409 e. The number of sulfonamides is 1. The quantitative estimate of drug-likeness (QED) is 0.532. The summed E-state index contributed by atoms with van der Waals surface area (Å²) in [6, 6.07) is 4.56. The number of amides is 2. The lowest BCUT2D eigenvalue weighted by Crippen LogP contribution is -2.61. The zero-order valence-electron chi connectivity index (χ0n) is 16.9. The van der Waals surface area contributed by atoms with E-state index in [2.05, 4.69) is 0 Å². The minimum atomic E-state index is -4.06. The number of hydrogen-bond donors (Lipinski definition) is 2. The highest BCUT2D eigenvalue weighted by Crippen LogP contribution is 2.25. The lowest BCUT2D eigenvalue weighted by Gasteiger charge is -2.38. The molecule has 0 aliphatic carbocycles. The fourth-order valence-corrected chi connectivity index (χ4v) is 4.46. The van der Waals surface area contributed by atoms with Crippen LogP contribution in [-0.2, 0) is 19.6 Å². The summed E-state index contributed by atoms with van der Waals surface area (Å²) in [4.78, 5) is 25.3. The van der Waals surface area contributed by atoms with Gasteiger partial charge in [0.05, 0.1) is 11.5 Å². The summed E-state index contributed by atoms with van der Waals surface area (Å²) in [6.45, 7) is 7.10. The minimum absolute atomic E-state index is 0.0286. The molecule has 2 N–H and O–H groups in total. The molecule has 1 aromatic rings. The van der Waals surface area contributed by atoms with Crippen LogP contribution in [-0.4, -0.2) is 72.7 Å². The maximum atomic E-state index is 13.1. The second kappa shape index (κ2) is 8.97. The number of nitrogens with one attached hydrogen (secondary N) is 1. The molecule has 10 nitrogen and oxygen atoms in total. The van der Waals surface area contributed by atoms with E-state index < -0.39 is 33.7 Å². The van der Waals surface area contributed by atoms with Crippen molar-refractivity contribution < 1.29 is 32.7 Å². The van der Waals surface area contributed by atoms with Crippen LogP contribution in [0.2, 0.25) is 0 Å². The molecule has 11 heteroatoms. The van der Waals surface area contributed by atoms with Gasteiger partial charge in [-0.05, 0) is 52.0 Å². The first kappa shape index (κ1) is 22.9. The maximum absolute atomic E-state index is 13.1. The van der Waals surface area contributed by atoms with E-state index in [9.17, 15) is 18.0 Å². The third kappa shape index (κ3) is 5.58. The fraction of sp³-hybridized carbons (Fsp3) is 0.556. The number of hydrogen-bond acceptors (Lipinski definition) is 7. The van der Waals surface area contributed by atoms with Gasteiger partial charge in [-0.1, -0.05) is 0 Å². The molecule has 0 bridgehead atoms. The Kier molecular flexibility index (Phi) is 7.09. The van der Waals surface area contributed by atoms with Crippen molar-refractivity contribution in [2.45, 2.75) is 44.2 Å². The van der Waals surface area contributed by atoms with Gasteiger partial charge in [-0.3, -0.25) is 10.0 Å². The van der Waals surface area contributed by atoms with Crippen molar-refractivity contribution in [1.29, 1.82) is 0 Å². The van der Waals surface area contributed by atoms with Crippen LogP contribution in [0, 0.1) is 0 Å². The van der Waals surface area contributed by atoms with Gasteiger partial charge >= 0.3 is 6.09 Å². The van der Waals surface area contributed by atoms with Crippen molar-refractivity contribution in [3.63, 3.8) is 0 Å². The van der Waals surface area contributed by atoms with Gasteiger partial charge in [0.2, 0.25) is 10.0 Å². The molecule has 0 aromatic heterocycles. The zero-order valence-corrected chi connectivity index (χ0v) is 17.7. The van der Waals surface area contributed by atoms with Crippen LogP contribution in [0.25, 0.3) is 0 Å². The molecule has 1 aliphatic rings. The molecule has 0 spiro atoms. The van der Waals surface area contributed by atoms with Gasteiger partial charge in [0.15, 0.2) is 0 Å². The highest BCUT2D eigenvalue weighted by atomic mass is 32.2. The van der Waals surface area contributed by atoms with E-state index in [0.717, 1.165) is 4.31 Å². The van der Waals surface area contributed by atoms with E-state index in [0.29, 0.717) is 5.75 Å². The summed E-state index contributed by atoms with van der Waals surface area (Å²) in [5.41, 5.74) is 1.03. The summed E-state index contributed by atoms with van der Waals surface area (Å²) in [6.07, 6.45) is -0.649. The predicted molar refractivity (Wildman–Crippen MR) is 103 cm³/mol. The Balaban J connectivity index is 2.27. The lowest BCUT2D eigenvalue weighted by atomic mass is 10.2. The minimum Gasteiger partial charge on any atom is -0.488 e. The summed E-state index contributed by atoms with van der Waals surface area (Å²) in [5, 5.41) is 9.04. The van der Waals surface area contributed by atoms with Gasteiger partial charge < -0.3 is 14.4 Å². The topological polar surface area (TPSA) is 125 Å². The Morgan fingerprint density at radius 2 is 1.83 bits per heavy atom. The van der Waals surface area contributed by atoms with Crippen molar-refractivity contribution in [2.24, 2.45) is 0 Å². The van der Waals surface area contributed by atoms with Crippen LogP contribution in [0.3, 0.4) is 0 Å². The molecule has 0 radical (unpaired) electrons. The number of rotatable bonds is 5. The highest BCUT2D eigenvalue weighted by molar-refractivity contribution is 7.89. The van der Waals surface area contributed by atoms with Crippen molar-refractivity contribution in [1.82, 2.24) is 14.7 Å². The average molecular weight is 429 g/mol. The number of piperazine rings is 1. The molecule has 1 aliphatic heterocycles. The van der Waals surface area contributed by atoms with Gasteiger partial charge in [0, 0.05) is 19.6 Å². The molecule has 1 saturated heterocycles. The fourth-order valence-electron chi connectivity index (χ4n) is 2.89. The molecule has 29 heavy (non-hydrogen) atoms. The predicted octanol–water partition coefficient (Wildman–Crippen LogP) is 1.20. The van der Waals surface area contributed by atoms with Crippen molar-refractivity contribution >= 4 is 22.0 Å². The average Bonchev–Trinajstić information content (AvgIpc) is 2.66. The Morgan fingerprint density at radius 3 is 2.34 bits per heavy atom. The Hall–Kier alpha value is -2.37. The summed E-state index contributed by atoms with van der Waals surface area (Å²) in [5.74, 6) is -0.427. The summed E-state index contributed by atoms with van der Waals surface area (Å²) < 4.78 is 37.8. The molecule has 0 unspecified atom stereocenters. The monoisotopic (exact) mass is 429 g/mol. The Morgan fingerprint density at radius 1 is 1.21 bits per heavy atom. The van der Waals surface area contributed by atoms with Crippen LogP contribution >= 0.6 is 0 Å². The third-order valence-corrected chi connectivity index (χ3v) is 6.05. The van der Waals surface area contributed by atoms with Crippen LogP contribution < -0.4 is 10.2 Å². The van der Waals surface area contributed by atoms with Crippen molar-refractivity contribution in [3.05, 3.63) is 24.3 Å². The first-order chi connectivity index (χ1) is 13.5. The molecule has 1 aromatic carbocycles. The normalized spacial score (nSPS) is 18.2. The molecule has 0 saturated carbocycles. The summed E-state index contributed by atoms with van der Waals surface area (Å²) in [7, 11) is -4.06. The lowest BCUT2D eigenvalue weighted by molar-refractivity contribution is -0.134. The molecule has 1 heterocycles. The van der Waals surface area contributed by atoms with Crippen LogP contribution in [0.1, 0.15) is 27.7 Å². The van der Waals surface area contributed by atoms with Gasteiger partial charge in [-0.25, -0.2) is 18.7 Å². The van der Waals surface area contributed by atoms with E-state index in [1.54, 1.807) is 6.92 Å². The standard InChI is InChI=1S/C18H27N3O7S/c1-5-27-17(23)20-10-11-21(15(12-20)16(22)19-24)29(25,26)14-8-6-13(7-9-14)28-18(2,3)4/h6-9,15,24H,5,10-12H2,1-4H3,(H,19,22)/t15-/m1/s1. The zero-order chi connectivity index (χ0) is 21.8. The first-order valence-corrected chi connectivity index (χ1v) is 10.6. The van der Waals surface area contributed by atoms with E-state index >= 15 is 0 Å². The highest BCUT2D eigenvalue weighted by Gasteiger charge is 2.41. The molecule has 1 fully saturated rings. The number of nitrogens with zero attached hydrogens (tertiary/aromatic N) is 2. The van der Waals surface area contributed by atoms with E-state index in [4.69, 9.17) is 14.7 Å². The third-order valence-electron chi connectivity index (χ3n) is 4.12. The molecule has 1 atom stereocenters. The Bertz CT molecular complexity index is 834. The number of carbonyl (C=O) groups excluding carboxylic acids is 2. The smallest absolute Gasteiger partial charge is 0.409 e.